The van der Waals surface area contributed by atoms with E-state index in [1.807, 2.05) is 24.3 Å². The van der Waals surface area contributed by atoms with E-state index in [9.17, 15) is 9.59 Å². The number of ether oxygens (including phenoxy) is 1. The van der Waals surface area contributed by atoms with Crippen molar-refractivity contribution < 1.29 is 9.53 Å². The predicted molar refractivity (Wildman–Crippen MR) is 95.7 cm³/mol. The number of benzene rings is 1. The molecule has 134 valence electrons. The zero-order valence-corrected chi connectivity index (χ0v) is 14.3. The molecule has 0 radical (unpaired) electrons. The molecule has 0 unspecified atom stereocenters. The Morgan fingerprint density at radius 3 is 2.69 bits per heavy atom. The van der Waals surface area contributed by atoms with Gasteiger partial charge in [-0.2, -0.15) is 10.2 Å². The van der Waals surface area contributed by atoms with Gasteiger partial charge in [-0.15, -0.1) is 0 Å². The summed E-state index contributed by atoms with van der Waals surface area (Å²) in [6.07, 6.45) is 3.32. The van der Waals surface area contributed by atoms with E-state index in [1.54, 1.807) is 31.6 Å². The molecule has 0 saturated carbocycles. The van der Waals surface area contributed by atoms with Gasteiger partial charge < -0.3 is 10.1 Å². The molecule has 1 aromatic carbocycles. The molecule has 0 aliphatic heterocycles. The topological polar surface area (TPSA) is 91.0 Å². The zero-order chi connectivity index (χ0) is 18.4. The maximum atomic E-state index is 12.0. The number of hydrogen-bond donors (Lipinski definition) is 1. The van der Waals surface area contributed by atoms with Crippen molar-refractivity contribution in [3.05, 3.63) is 65.2 Å². The maximum Gasteiger partial charge on any atom is 0.266 e. The number of rotatable bonds is 7. The van der Waals surface area contributed by atoms with Crippen molar-refractivity contribution in [3.8, 4) is 17.0 Å². The van der Waals surface area contributed by atoms with Crippen LogP contribution in [0.2, 0.25) is 0 Å². The monoisotopic (exact) mass is 353 g/mol. The molecular formula is C18H19N5O3. The third-order valence-corrected chi connectivity index (χ3v) is 3.76. The van der Waals surface area contributed by atoms with Crippen molar-refractivity contribution in [1.29, 1.82) is 0 Å². The highest BCUT2D eigenvalue weighted by Gasteiger charge is 2.06. The van der Waals surface area contributed by atoms with Gasteiger partial charge in [0.2, 0.25) is 5.91 Å². The van der Waals surface area contributed by atoms with Crippen molar-refractivity contribution in [1.82, 2.24) is 24.9 Å². The molecule has 0 bridgehead atoms. The lowest BCUT2D eigenvalue weighted by atomic mass is 10.1. The highest BCUT2D eigenvalue weighted by molar-refractivity contribution is 5.75. The van der Waals surface area contributed by atoms with Crippen LogP contribution in [0, 0.1) is 0 Å². The molecular weight excluding hydrogens is 334 g/mol. The van der Waals surface area contributed by atoms with Crippen LogP contribution in [-0.2, 0) is 17.9 Å². The van der Waals surface area contributed by atoms with Gasteiger partial charge in [-0.05, 0) is 36.4 Å². The first-order valence-electron chi connectivity index (χ1n) is 8.12. The van der Waals surface area contributed by atoms with Crippen molar-refractivity contribution in [3.63, 3.8) is 0 Å². The van der Waals surface area contributed by atoms with Crippen molar-refractivity contribution in [2.75, 3.05) is 13.7 Å². The Morgan fingerprint density at radius 2 is 2.00 bits per heavy atom. The number of carbonyl (C=O) groups is 1. The zero-order valence-electron chi connectivity index (χ0n) is 14.3. The van der Waals surface area contributed by atoms with Gasteiger partial charge in [0.15, 0.2) is 0 Å². The Morgan fingerprint density at radius 1 is 1.19 bits per heavy atom. The third kappa shape index (κ3) is 4.35. The van der Waals surface area contributed by atoms with Crippen LogP contribution < -0.4 is 15.6 Å². The van der Waals surface area contributed by atoms with Gasteiger partial charge in [-0.25, -0.2) is 4.68 Å². The molecule has 1 N–H and O–H groups in total. The Labute approximate surface area is 150 Å². The Balaban J connectivity index is 1.62. The number of carbonyl (C=O) groups excluding carboxylic acids is 1. The normalized spacial score (nSPS) is 10.5. The van der Waals surface area contributed by atoms with Gasteiger partial charge in [-0.1, -0.05) is 0 Å². The molecule has 1 amide bonds. The van der Waals surface area contributed by atoms with Crippen LogP contribution in [0.15, 0.2) is 59.7 Å². The smallest absolute Gasteiger partial charge is 0.266 e. The summed E-state index contributed by atoms with van der Waals surface area (Å²) in [5.41, 5.74) is 1.33. The van der Waals surface area contributed by atoms with Crippen LogP contribution in [0.3, 0.4) is 0 Å². The molecule has 2 heterocycles. The molecule has 0 spiro atoms. The summed E-state index contributed by atoms with van der Waals surface area (Å²) < 4.78 is 8.01. The van der Waals surface area contributed by atoms with E-state index in [0.717, 1.165) is 11.3 Å². The average molecular weight is 353 g/mol. The van der Waals surface area contributed by atoms with E-state index in [2.05, 4.69) is 15.5 Å². The van der Waals surface area contributed by atoms with Gasteiger partial charge in [0.25, 0.3) is 5.56 Å². The van der Waals surface area contributed by atoms with Crippen LogP contribution in [0.5, 0.6) is 5.75 Å². The van der Waals surface area contributed by atoms with E-state index < -0.39 is 0 Å². The van der Waals surface area contributed by atoms with Crippen LogP contribution in [0.1, 0.15) is 0 Å². The van der Waals surface area contributed by atoms with Crippen molar-refractivity contribution >= 4 is 5.91 Å². The Kier molecular flexibility index (Phi) is 5.43. The fraction of sp³-hybridized carbons (Fsp3) is 0.222. The first-order chi connectivity index (χ1) is 12.7. The number of nitrogens with zero attached hydrogens (tertiary/aromatic N) is 4. The van der Waals surface area contributed by atoms with Crippen LogP contribution in [0.25, 0.3) is 11.3 Å². The number of methoxy groups -OCH3 is 1. The number of aromatic nitrogens is 4. The number of hydrogen-bond acceptors (Lipinski definition) is 5. The predicted octanol–water partition coefficient (Wildman–Crippen LogP) is 0.932. The van der Waals surface area contributed by atoms with Crippen LogP contribution >= 0.6 is 0 Å². The standard InChI is InChI=1S/C18H19N5O3/c1-26-15-5-3-14(4-6-15)16-7-8-18(25)23(21-16)12-10-19-17(24)13-22-11-2-9-20-22/h2-9,11H,10,12-13H2,1H3,(H,19,24). The lowest BCUT2D eigenvalue weighted by Gasteiger charge is -2.09. The molecule has 8 heteroatoms. The number of nitrogens with one attached hydrogen (secondary N) is 1. The van der Waals surface area contributed by atoms with Crippen molar-refractivity contribution in [2.24, 2.45) is 0 Å². The first kappa shape index (κ1) is 17.4. The average Bonchev–Trinajstić information content (AvgIpc) is 3.16. The lowest BCUT2D eigenvalue weighted by Crippen LogP contribution is -2.33. The van der Waals surface area contributed by atoms with E-state index in [-0.39, 0.29) is 24.6 Å². The summed E-state index contributed by atoms with van der Waals surface area (Å²) >= 11 is 0. The number of amides is 1. The lowest BCUT2D eigenvalue weighted by molar-refractivity contribution is -0.121. The maximum absolute atomic E-state index is 12.0. The van der Waals surface area contributed by atoms with Crippen molar-refractivity contribution in [2.45, 2.75) is 13.1 Å². The molecule has 0 aliphatic carbocycles. The third-order valence-electron chi connectivity index (χ3n) is 3.76. The van der Waals surface area contributed by atoms with Gasteiger partial charge >= 0.3 is 0 Å². The molecule has 3 rings (SSSR count). The quantitative estimate of drug-likeness (QED) is 0.682. The summed E-state index contributed by atoms with van der Waals surface area (Å²) in [5, 5.41) is 11.1. The fourth-order valence-corrected chi connectivity index (χ4v) is 2.42. The van der Waals surface area contributed by atoms with E-state index in [1.165, 1.54) is 15.4 Å². The minimum atomic E-state index is -0.219. The molecule has 0 aliphatic rings. The molecule has 26 heavy (non-hydrogen) atoms. The summed E-state index contributed by atoms with van der Waals surface area (Å²) in [5.74, 6) is 0.579. The Bertz CT molecular complexity index is 917. The first-order valence-corrected chi connectivity index (χ1v) is 8.12. The minimum absolute atomic E-state index is 0.140. The Hall–Kier alpha value is -3.42. The second-order valence-electron chi connectivity index (χ2n) is 5.56. The largest absolute Gasteiger partial charge is 0.497 e. The molecule has 2 aromatic heterocycles. The summed E-state index contributed by atoms with van der Waals surface area (Å²) in [4.78, 5) is 23.8. The summed E-state index contributed by atoms with van der Waals surface area (Å²) in [7, 11) is 1.61. The molecule has 8 nitrogen and oxygen atoms in total. The molecule has 0 fully saturated rings. The van der Waals surface area contributed by atoms with Crippen LogP contribution in [-0.4, -0.2) is 39.1 Å². The second kappa shape index (κ2) is 8.11. The highest BCUT2D eigenvalue weighted by Crippen LogP contribution is 2.19. The van der Waals surface area contributed by atoms with Gasteiger partial charge in [-0.3, -0.25) is 14.3 Å². The molecule has 0 saturated heterocycles. The van der Waals surface area contributed by atoms with E-state index >= 15 is 0 Å². The molecule has 0 atom stereocenters. The highest BCUT2D eigenvalue weighted by atomic mass is 16.5. The summed E-state index contributed by atoms with van der Waals surface area (Å²) in [6.45, 7) is 0.730. The van der Waals surface area contributed by atoms with Gasteiger partial charge in [0, 0.05) is 30.6 Å². The van der Waals surface area contributed by atoms with Crippen LogP contribution in [0.4, 0.5) is 0 Å². The fourth-order valence-electron chi connectivity index (χ4n) is 2.42. The summed E-state index contributed by atoms with van der Waals surface area (Å²) in [6, 6.07) is 12.3. The second-order valence-corrected chi connectivity index (χ2v) is 5.56. The molecule has 3 aromatic rings. The SMILES string of the molecule is COc1ccc(-c2ccc(=O)n(CCNC(=O)Cn3cccn3)n2)cc1. The van der Waals surface area contributed by atoms with E-state index in [0.29, 0.717) is 12.2 Å². The van der Waals surface area contributed by atoms with Gasteiger partial charge in [0.1, 0.15) is 12.3 Å². The van der Waals surface area contributed by atoms with Gasteiger partial charge in [0.05, 0.1) is 19.3 Å². The van der Waals surface area contributed by atoms with E-state index in [4.69, 9.17) is 4.74 Å². The minimum Gasteiger partial charge on any atom is -0.497 e.